The van der Waals surface area contributed by atoms with Gasteiger partial charge in [-0.1, -0.05) is 0 Å². The summed E-state index contributed by atoms with van der Waals surface area (Å²) in [5, 5.41) is 13.9. The Kier molecular flexibility index (Phi) is 6.77. The molecule has 0 saturated carbocycles. The van der Waals surface area contributed by atoms with Gasteiger partial charge in [-0.05, 0) is 36.8 Å². The number of amides is 1. The Balaban J connectivity index is 1.35. The summed E-state index contributed by atoms with van der Waals surface area (Å²) in [4.78, 5) is 17.8. The third-order valence-electron chi connectivity index (χ3n) is 5.92. The summed E-state index contributed by atoms with van der Waals surface area (Å²) in [5.74, 6) is -0.521. The highest BCUT2D eigenvalue weighted by Gasteiger charge is 2.44. The highest BCUT2D eigenvalue weighted by atomic mass is 19.4. The van der Waals surface area contributed by atoms with Crippen molar-refractivity contribution in [3.8, 4) is 5.75 Å². The van der Waals surface area contributed by atoms with Gasteiger partial charge in [-0.2, -0.15) is 9.89 Å². The van der Waals surface area contributed by atoms with Crippen molar-refractivity contribution < 1.29 is 32.5 Å². The first-order valence-corrected chi connectivity index (χ1v) is 10.6. The molecule has 3 heterocycles. The lowest BCUT2D eigenvalue weighted by Gasteiger charge is -2.43. The van der Waals surface area contributed by atoms with Crippen LogP contribution < -0.4 is 15.1 Å². The van der Waals surface area contributed by atoms with E-state index in [-0.39, 0.29) is 30.7 Å². The van der Waals surface area contributed by atoms with Crippen LogP contribution in [-0.4, -0.2) is 83.2 Å². The Morgan fingerprint density at radius 1 is 1.27 bits per heavy atom. The van der Waals surface area contributed by atoms with Crippen LogP contribution in [0.1, 0.15) is 12.8 Å². The van der Waals surface area contributed by atoms with Gasteiger partial charge in [0.25, 0.3) is 0 Å². The fourth-order valence-electron chi connectivity index (χ4n) is 4.39. The fraction of sp³-hybridized carbons (Fsp3) is 0.524. The number of hydrogen-bond acceptors (Lipinski definition) is 7. The van der Waals surface area contributed by atoms with Crippen molar-refractivity contribution in [2.75, 3.05) is 49.7 Å². The van der Waals surface area contributed by atoms with Crippen LogP contribution in [0.4, 0.5) is 18.9 Å². The van der Waals surface area contributed by atoms with Crippen molar-refractivity contribution in [1.82, 2.24) is 14.8 Å². The van der Waals surface area contributed by atoms with Gasteiger partial charge in [-0.15, -0.1) is 13.2 Å². The zero-order valence-electron chi connectivity index (χ0n) is 17.9. The Labute approximate surface area is 188 Å². The molecule has 1 aromatic carbocycles. The lowest BCUT2D eigenvalue weighted by Crippen LogP contribution is -2.57. The average molecular weight is 469 g/mol. The number of halogens is 3. The minimum Gasteiger partial charge on any atom is -0.406 e. The largest absolute Gasteiger partial charge is 0.573 e. The van der Waals surface area contributed by atoms with E-state index in [4.69, 9.17) is 4.74 Å². The van der Waals surface area contributed by atoms with Crippen LogP contribution in [0.3, 0.4) is 0 Å². The van der Waals surface area contributed by atoms with Gasteiger partial charge in [-0.3, -0.25) is 9.69 Å². The maximum absolute atomic E-state index is 12.4. The zero-order valence-corrected chi connectivity index (χ0v) is 17.9. The van der Waals surface area contributed by atoms with Gasteiger partial charge in [0.15, 0.2) is 0 Å². The van der Waals surface area contributed by atoms with Crippen molar-refractivity contribution in [3.05, 3.63) is 42.7 Å². The highest BCUT2D eigenvalue weighted by molar-refractivity contribution is 5.84. The minimum atomic E-state index is -4.73. The number of aliphatic hydroxyl groups excluding tert-OH is 1. The van der Waals surface area contributed by atoms with E-state index < -0.39 is 12.0 Å². The predicted octanol–water partition coefficient (Wildman–Crippen LogP) is 1.58. The SMILES string of the molecule is O=C(CC(CO)N1CCOC2(CCN(c3ccc(OC(F)(F)F)cc3)C2)C1)Nn1cccn1. The van der Waals surface area contributed by atoms with E-state index in [1.165, 1.54) is 16.9 Å². The predicted molar refractivity (Wildman–Crippen MR) is 112 cm³/mol. The van der Waals surface area contributed by atoms with Gasteiger partial charge < -0.3 is 19.5 Å². The monoisotopic (exact) mass is 469 g/mol. The number of hydrogen-bond donors (Lipinski definition) is 2. The Hall–Kier alpha value is -2.83. The van der Waals surface area contributed by atoms with E-state index in [2.05, 4.69) is 25.1 Å². The fourth-order valence-corrected chi connectivity index (χ4v) is 4.39. The summed E-state index contributed by atoms with van der Waals surface area (Å²) in [6, 6.07) is 7.10. The molecule has 2 atom stereocenters. The summed E-state index contributed by atoms with van der Waals surface area (Å²) >= 11 is 0. The quantitative estimate of drug-likeness (QED) is 0.636. The average Bonchev–Trinajstić information content (AvgIpc) is 3.42. The van der Waals surface area contributed by atoms with Gasteiger partial charge in [0.2, 0.25) is 5.91 Å². The number of benzene rings is 1. The van der Waals surface area contributed by atoms with Crippen LogP contribution in [0.5, 0.6) is 5.75 Å². The van der Waals surface area contributed by atoms with Gasteiger partial charge in [0, 0.05) is 50.5 Å². The minimum absolute atomic E-state index is 0.108. The molecule has 2 fully saturated rings. The summed E-state index contributed by atoms with van der Waals surface area (Å²) < 4.78 is 47.2. The number of anilines is 1. The van der Waals surface area contributed by atoms with Crippen LogP contribution in [0, 0.1) is 0 Å². The van der Waals surface area contributed by atoms with Gasteiger partial charge in [-0.25, -0.2) is 5.43 Å². The molecule has 0 bridgehead atoms. The highest BCUT2D eigenvalue weighted by Crippen LogP contribution is 2.34. The van der Waals surface area contributed by atoms with E-state index in [1.54, 1.807) is 30.6 Å². The molecule has 2 aliphatic heterocycles. The molecule has 180 valence electrons. The molecule has 0 radical (unpaired) electrons. The van der Waals surface area contributed by atoms with Crippen molar-refractivity contribution in [3.63, 3.8) is 0 Å². The smallest absolute Gasteiger partial charge is 0.406 e. The topological polar surface area (TPSA) is 92.1 Å². The number of aromatic nitrogens is 2. The molecule has 2 saturated heterocycles. The first kappa shape index (κ1) is 23.3. The second-order valence-electron chi connectivity index (χ2n) is 8.24. The lowest BCUT2D eigenvalue weighted by atomic mass is 9.98. The summed E-state index contributed by atoms with van der Waals surface area (Å²) in [5.41, 5.74) is 2.94. The third kappa shape index (κ3) is 5.95. The number of rotatable bonds is 7. The lowest BCUT2D eigenvalue weighted by molar-refractivity contribution is -0.274. The molecule has 2 aliphatic rings. The number of nitrogens with zero attached hydrogens (tertiary/aromatic N) is 4. The Bertz CT molecular complexity index is 925. The number of carbonyl (C=O) groups excluding carboxylic acids is 1. The molecule has 2 aromatic rings. The van der Waals surface area contributed by atoms with Crippen LogP contribution in [0.15, 0.2) is 42.7 Å². The zero-order chi connectivity index (χ0) is 23.5. The number of alkyl halides is 3. The molecule has 0 aliphatic carbocycles. The summed E-state index contributed by atoms with van der Waals surface area (Å²) in [6.45, 7) is 2.65. The molecule has 33 heavy (non-hydrogen) atoms. The molecule has 12 heteroatoms. The molecular weight excluding hydrogens is 443 g/mol. The van der Waals surface area contributed by atoms with E-state index >= 15 is 0 Å². The standard InChI is InChI=1S/C21H26F3N5O4/c22-21(23,24)33-18-4-2-16(3-5-18)27-9-6-20(14-27)15-28(10-11-32-20)17(13-30)12-19(31)26-29-8-1-7-25-29/h1-5,7-8,17,30H,6,9-15H2,(H,26,31). The number of morpholine rings is 1. The number of ether oxygens (including phenoxy) is 2. The first-order valence-electron chi connectivity index (χ1n) is 10.6. The number of nitrogens with one attached hydrogen (secondary N) is 1. The van der Waals surface area contributed by atoms with Crippen molar-refractivity contribution in [1.29, 1.82) is 0 Å². The van der Waals surface area contributed by atoms with E-state index in [9.17, 15) is 23.1 Å². The van der Waals surface area contributed by atoms with Crippen LogP contribution >= 0.6 is 0 Å². The molecule has 2 unspecified atom stereocenters. The van der Waals surface area contributed by atoms with Crippen molar-refractivity contribution >= 4 is 11.6 Å². The molecule has 4 rings (SSSR count). The third-order valence-corrected chi connectivity index (χ3v) is 5.92. The molecular formula is C21H26F3N5O4. The second-order valence-corrected chi connectivity index (χ2v) is 8.24. The molecule has 1 amide bonds. The van der Waals surface area contributed by atoms with Crippen molar-refractivity contribution in [2.24, 2.45) is 0 Å². The van der Waals surface area contributed by atoms with Crippen LogP contribution in [0.25, 0.3) is 0 Å². The first-order chi connectivity index (χ1) is 15.8. The van der Waals surface area contributed by atoms with Crippen LogP contribution in [0.2, 0.25) is 0 Å². The van der Waals surface area contributed by atoms with Crippen LogP contribution in [-0.2, 0) is 9.53 Å². The van der Waals surface area contributed by atoms with Crippen molar-refractivity contribution in [2.45, 2.75) is 30.8 Å². The molecule has 9 nitrogen and oxygen atoms in total. The Morgan fingerprint density at radius 3 is 2.73 bits per heavy atom. The maximum Gasteiger partial charge on any atom is 0.573 e. The number of carbonyl (C=O) groups is 1. The molecule has 1 spiro atoms. The second kappa shape index (κ2) is 9.57. The van der Waals surface area contributed by atoms with Gasteiger partial charge in [0.1, 0.15) is 5.75 Å². The number of aliphatic hydroxyl groups is 1. The van der Waals surface area contributed by atoms with E-state index in [1.807, 2.05) is 0 Å². The Morgan fingerprint density at radius 2 is 2.06 bits per heavy atom. The van der Waals surface area contributed by atoms with E-state index in [0.29, 0.717) is 32.8 Å². The molecule has 1 aromatic heterocycles. The normalized spacial score (nSPS) is 22.5. The van der Waals surface area contributed by atoms with Gasteiger partial charge >= 0.3 is 6.36 Å². The van der Waals surface area contributed by atoms with E-state index in [0.717, 1.165) is 12.1 Å². The maximum atomic E-state index is 12.4. The summed E-state index contributed by atoms with van der Waals surface area (Å²) in [6.07, 6.45) is -0.724. The summed E-state index contributed by atoms with van der Waals surface area (Å²) in [7, 11) is 0. The molecule has 2 N–H and O–H groups in total. The van der Waals surface area contributed by atoms with Gasteiger partial charge in [0.05, 0.1) is 25.0 Å².